The summed E-state index contributed by atoms with van der Waals surface area (Å²) in [7, 11) is 0. The van der Waals surface area contributed by atoms with Gasteiger partial charge in [-0.25, -0.2) is 4.39 Å². The van der Waals surface area contributed by atoms with E-state index in [0.29, 0.717) is 12.3 Å². The number of rotatable bonds is 3. The maximum absolute atomic E-state index is 13.3. The molecule has 1 heterocycles. The second-order valence-corrected chi connectivity index (χ2v) is 3.27. The fraction of sp³-hybridized carbons (Fsp3) is 0.0833. The molecule has 0 bridgehead atoms. The summed E-state index contributed by atoms with van der Waals surface area (Å²) < 4.78 is 18.6. The summed E-state index contributed by atoms with van der Waals surface area (Å²) >= 11 is 0. The molecular formula is C12H11FN2O. The first-order valence-corrected chi connectivity index (χ1v) is 4.86. The highest BCUT2D eigenvalue weighted by Crippen LogP contribution is 2.23. The summed E-state index contributed by atoms with van der Waals surface area (Å²) in [6, 6.07) is 7.95. The summed E-state index contributed by atoms with van der Waals surface area (Å²) in [5.74, 6) is 0.257. The number of nitrogens with zero attached hydrogens (tertiary/aromatic N) is 1. The maximum atomic E-state index is 13.3. The molecule has 3 nitrogen and oxygen atoms in total. The van der Waals surface area contributed by atoms with E-state index in [0.717, 1.165) is 5.56 Å². The fourth-order valence-corrected chi connectivity index (χ4v) is 1.29. The SMILES string of the molecule is NCc1cncc(Oc2ccccc2F)c1. The first-order valence-electron chi connectivity index (χ1n) is 4.86. The number of benzene rings is 1. The van der Waals surface area contributed by atoms with Gasteiger partial charge in [0.2, 0.25) is 0 Å². The van der Waals surface area contributed by atoms with Gasteiger partial charge in [-0.15, -0.1) is 0 Å². The molecule has 0 saturated heterocycles. The zero-order valence-corrected chi connectivity index (χ0v) is 8.56. The number of ether oxygens (including phenoxy) is 1. The van der Waals surface area contributed by atoms with E-state index in [9.17, 15) is 4.39 Å². The van der Waals surface area contributed by atoms with E-state index in [1.807, 2.05) is 0 Å². The Morgan fingerprint density at radius 3 is 2.81 bits per heavy atom. The Kier molecular flexibility index (Phi) is 3.12. The summed E-state index contributed by atoms with van der Waals surface area (Å²) in [6.07, 6.45) is 3.17. The molecule has 0 atom stereocenters. The molecule has 0 unspecified atom stereocenters. The minimum atomic E-state index is -0.402. The zero-order valence-electron chi connectivity index (χ0n) is 8.56. The van der Waals surface area contributed by atoms with Gasteiger partial charge in [0.05, 0.1) is 6.20 Å². The topological polar surface area (TPSA) is 48.1 Å². The molecule has 0 fully saturated rings. The van der Waals surface area contributed by atoms with Crippen LogP contribution in [0, 0.1) is 5.82 Å². The quantitative estimate of drug-likeness (QED) is 0.860. The average Bonchev–Trinajstić information content (AvgIpc) is 2.32. The van der Waals surface area contributed by atoms with Crippen LogP contribution in [0.3, 0.4) is 0 Å². The Bertz CT molecular complexity index is 488. The van der Waals surface area contributed by atoms with E-state index in [-0.39, 0.29) is 5.75 Å². The van der Waals surface area contributed by atoms with Gasteiger partial charge < -0.3 is 10.5 Å². The highest BCUT2D eigenvalue weighted by atomic mass is 19.1. The lowest BCUT2D eigenvalue weighted by molar-refractivity contribution is 0.440. The van der Waals surface area contributed by atoms with Crippen LogP contribution in [0.5, 0.6) is 11.5 Å². The number of hydrogen-bond acceptors (Lipinski definition) is 3. The Balaban J connectivity index is 2.24. The lowest BCUT2D eigenvalue weighted by atomic mass is 10.3. The Hall–Kier alpha value is -1.94. The molecule has 16 heavy (non-hydrogen) atoms. The Morgan fingerprint density at radius 1 is 1.25 bits per heavy atom. The van der Waals surface area contributed by atoms with Crippen LogP contribution < -0.4 is 10.5 Å². The van der Waals surface area contributed by atoms with Crippen LogP contribution in [0.25, 0.3) is 0 Å². The smallest absolute Gasteiger partial charge is 0.165 e. The molecule has 82 valence electrons. The number of hydrogen-bond donors (Lipinski definition) is 1. The Morgan fingerprint density at radius 2 is 2.06 bits per heavy atom. The minimum Gasteiger partial charge on any atom is -0.453 e. The van der Waals surface area contributed by atoms with Gasteiger partial charge in [-0.1, -0.05) is 12.1 Å². The van der Waals surface area contributed by atoms with Crippen LogP contribution in [-0.2, 0) is 6.54 Å². The van der Waals surface area contributed by atoms with E-state index < -0.39 is 5.82 Å². The van der Waals surface area contributed by atoms with E-state index >= 15 is 0 Å². The molecule has 0 aliphatic rings. The van der Waals surface area contributed by atoms with Crippen molar-refractivity contribution in [2.45, 2.75) is 6.54 Å². The third-order valence-corrected chi connectivity index (χ3v) is 2.07. The van der Waals surface area contributed by atoms with Gasteiger partial charge in [-0.05, 0) is 23.8 Å². The van der Waals surface area contributed by atoms with Gasteiger partial charge in [0.1, 0.15) is 5.75 Å². The van der Waals surface area contributed by atoms with Crippen LogP contribution in [0.15, 0.2) is 42.7 Å². The van der Waals surface area contributed by atoms with Crippen molar-refractivity contribution in [3.8, 4) is 11.5 Å². The fourth-order valence-electron chi connectivity index (χ4n) is 1.29. The molecular weight excluding hydrogens is 207 g/mol. The van der Waals surface area contributed by atoms with Crippen molar-refractivity contribution in [3.63, 3.8) is 0 Å². The molecule has 0 aliphatic heterocycles. The van der Waals surface area contributed by atoms with Crippen molar-refractivity contribution in [2.24, 2.45) is 5.73 Å². The molecule has 4 heteroatoms. The second-order valence-electron chi connectivity index (χ2n) is 3.27. The largest absolute Gasteiger partial charge is 0.453 e. The molecule has 2 N–H and O–H groups in total. The summed E-state index contributed by atoms with van der Waals surface area (Å²) in [5, 5.41) is 0. The Labute approximate surface area is 92.7 Å². The molecule has 0 radical (unpaired) electrons. The van der Waals surface area contributed by atoms with Crippen molar-refractivity contribution in [1.82, 2.24) is 4.98 Å². The monoisotopic (exact) mass is 218 g/mol. The van der Waals surface area contributed by atoms with Crippen LogP contribution in [0.4, 0.5) is 4.39 Å². The third kappa shape index (κ3) is 2.35. The van der Waals surface area contributed by atoms with Crippen molar-refractivity contribution in [1.29, 1.82) is 0 Å². The van der Waals surface area contributed by atoms with E-state index in [1.54, 1.807) is 30.5 Å². The molecule has 1 aromatic heterocycles. The molecule has 0 aliphatic carbocycles. The van der Waals surface area contributed by atoms with E-state index in [4.69, 9.17) is 10.5 Å². The number of aromatic nitrogens is 1. The van der Waals surface area contributed by atoms with Crippen LogP contribution in [0.2, 0.25) is 0 Å². The number of para-hydroxylation sites is 1. The molecule has 1 aromatic carbocycles. The molecule has 2 rings (SSSR count). The first-order chi connectivity index (χ1) is 7.79. The zero-order chi connectivity index (χ0) is 11.4. The molecule has 2 aromatic rings. The van der Waals surface area contributed by atoms with E-state index in [1.165, 1.54) is 12.3 Å². The average molecular weight is 218 g/mol. The van der Waals surface area contributed by atoms with Crippen LogP contribution >= 0.6 is 0 Å². The van der Waals surface area contributed by atoms with Gasteiger partial charge in [0.15, 0.2) is 11.6 Å². The standard InChI is InChI=1S/C12H11FN2O/c13-11-3-1-2-4-12(11)16-10-5-9(6-14)7-15-8-10/h1-5,7-8H,6,14H2. The van der Waals surface area contributed by atoms with Gasteiger partial charge in [-0.3, -0.25) is 4.98 Å². The summed E-state index contributed by atoms with van der Waals surface area (Å²) in [4.78, 5) is 3.95. The maximum Gasteiger partial charge on any atom is 0.165 e. The normalized spacial score (nSPS) is 10.1. The highest BCUT2D eigenvalue weighted by molar-refractivity contribution is 5.32. The molecule has 0 spiro atoms. The predicted molar refractivity (Wildman–Crippen MR) is 58.6 cm³/mol. The van der Waals surface area contributed by atoms with Gasteiger partial charge in [0, 0.05) is 12.7 Å². The number of halogens is 1. The van der Waals surface area contributed by atoms with Crippen molar-refractivity contribution in [3.05, 3.63) is 54.1 Å². The highest BCUT2D eigenvalue weighted by Gasteiger charge is 2.03. The number of pyridine rings is 1. The van der Waals surface area contributed by atoms with E-state index in [2.05, 4.69) is 4.98 Å². The van der Waals surface area contributed by atoms with Gasteiger partial charge in [-0.2, -0.15) is 0 Å². The van der Waals surface area contributed by atoms with Crippen molar-refractivity contribution in [2.75, 3.05) is 0 Å². The van der Waals surface area contributed by atoms with Crippen molar-refractivity contribution >= 4 is 0 Å². The third-order valence-electron chi connectivity index (χ3n) is 2.07. The van der Waals surface area contributed by atoms with Gasteiger partial charge in [0.25, 0.3) is 0 Å². The summed E-state index contributed by atoms with van der Waals surface area (Å²) in [5.41, 5.74) is 6.31. The molecule has 0 amide bonds. The van der Waals surface area contributed by atoms with Gasteiger partial charge >= 0.3 is 0 Å². The second kappa shape index (κ2) is 4.72. The number of nitrogens with two attached hydrogens (primary N) is 1. The predicted octanol–water partition coefficient (Wildman–Crippen LogP) is 2.47. The summed E-state index contributed by atoms with van der Waals surface area (Å²) in [6.45, 7) is 0.376. The first kappa shape index (κ1) is 10.6. The van der Waals surface area contributed by atoms with Crippen LogP contribution in [-0.4, -0.2) is 4.98 Å². The lowest BCUT2D eigenvalue weighted by Crippen LogP contribution is -1.97. The van der Waals surface area contributed by atoms with Crippen molar-refractivity contribution < 1.29 is 9.13 Å². The molecule has 0 saturated carbocycles. The minimum absolute atomic E-state index is 0.179. The van der Waals surface area contributed by atoms with Crippen LogP contribution in [0.1, 0.15) is 5.56 Å². The lowest BCUT2D eigenvalue weighted by Gasteiger charge is -2.06.